The summed E-state index contributed by atoms with van der Waals surface area (Å²) in [5.41, 5.74) is 7.75. The molecule has 3 nitrogen and oxygen atoms in total. The number of nitrogens with one attached hydrogen (secondary N) is 1. The van der Waals surface area contributed by atoms with Crippen LogP contribution in [-0.2, 0) is 0 Å². The van der Waals surface area contributed by atoms with Gasteiger partial charge in [0.1, 0.15) is 5.82 Å². The standard InChI is InChI=1S/C12H19N3/c1-9-6-11(13)12(14-7-9)15-8-10-4-2-3-5-10/h6-7,10H,2-5,8,13H2,1H3,(H,14,15). The second kappa shape index (κ2) is 4.51. The molecule has 0 amide bonds. The van der Waals surface area contributed by atoms with Gasteiger partial charge >= 0.3 is 0 Å². The zero-order valence-corrected chi connectivity index (χ0v) is 9.29. The lowest BCUT2D eigenvalue weighted by Crippen LogP contribution is -2.13. The van der Waals surface area contributed by atoms with Gasteiger partial charge in [0, 0.05) is 12.7 Å². The summed E-state index contributed by atoms with van der Waals surface area (Å²) in [6.45, 7) is 3.02. The van der Waals surface area contributed by atoms with Crippen LogP contribution >= 0.6 is 0 Å². The molecule has 2 rings (SSSR count). The number of rotatable bonds is 3. The summed E-state index contributed by atoms with van der Waals surface area (Å²) in [7, 11) is 0. The molecule has 0 saturated heterocycles. The van der Waals surface area contributed by atoms with Crippen molar-refractivity contribution >= 4 is 11.5 Å². The molecule has 82 valence electrons. The maximum absolute atomic E-state index is 5.88. The third-order valence-corrected chi connectivity index (χ3v) is 3.09. The Bertz CT molecular complexity index is 330. The van der Waals surface area contributed by atoms with Crippen LogP contribution in [0.2, 0.25) is 0 Å². The predicted octanol–water partition coefficient (Wildman–Crippen LogP) is 2.57. The molecule has 0 bridgehead atoms. The lowest BCUT2D eigenvalue weighted by molar-refractivity contribution is 0.579. The summed E-state index contributed by atoms with van der Waals surface area (Å²) in [5.74, 6) is 1.65. The number of nitrogens with zero attached hydrogens (tertiary/aromatic N) is 1. The lowest BCUT2D eigenvalue weighted by atomic mass is 10.1. The van der Waals surface area contributed by atoms with Gasteiger partial charge in [0.05, 0.1) is 5.69 Å². The highest BCUT2D eigenvalue weighted by Gasteiger charge is 2.14. The summed E-state index contributed by atoms with van der Waals surface area (Å²) >= 11 is 0. The first-order valence-electron chi connectivity index (χ1n) is 5.71. The van der Waals surface area contributed by atoms with Gasteiger partial charge < -0.3 is 11.1 Å². The number of hydrogen-bond acceptors (Lipinski definition) is 3. The first-order chi connectivity index (χ1) is 7.25. The van der Waals surface area contributed by atoms with E-state index in [1.165, 1.54) is 25.7 Å². The molecule has 15 heavy (non-hydrogen) atoms. The van der Waals surface area contributed by atoms with E-state index in [2.05, 4.69) is 10.3 Å². The second-order valence-corrected chi connectivity index (χ2v) is 4.48. The molecular weight excluding hydrogens is 186 g/mol. The van der Waals surface area contributed by atoms with Gasteiger partial charge in [-0.05, 0) is 37.3 Å². The van der Waals surface area contributed by atoms with E-state index in [0.29, 0.717) is 0 Å². The maximum Gasteiger partial charge on any atom is 0.149 e. The molecule has 0 aliphatic heterocycles. The smallest absolute Gasteiger partial charge is 0.149 e. The van der Waals surface area contributed by atoms with Crippen LogP contribution in [0.25, 0.3) is 0 Å². The molecule has 1 aliphatic carbocycles. The first kappa shape index (κ1) is 10.3. The molecule has 1 fully saturated rings. The molecule has 3 heteroatoms. The van der Waals surface area contributed by atoms with E-state index >= 15 is 0 Å². The summed E-state index contributed by atoms with van der Waals surface area (Å²) in [6, 6.07) is 1.96. The van der Waals surface area contributed by atoms with Crippen molar-refractivity contribution in [3.05, 3.63) is 17.8 Å². The van der Waals surface area contributed by atoms with Gasteiger partial charge in [-0.15, -0.1) is 0 Å². The van der Waals surface area contributed by atoms with Crippen LogP contribution in [0.15, 0.2) is 12.3 Å². The Labute approximate surface area is 91.1 Å². The number of nitrogen functional groups attached to an aromatic ring is 1. The van der Waals surface area contributed by atoms with E-state index in [4.69, 9.17) is 5.73 Å². The van der Waals surface area contributed by atoms with E-state index in [1.807, 2.05) is 19.2 Å². The molecule has 0 unspecified atom stereocenters. The second-order valence-electron chi connectivity index (χ2n) is 4.48. The average molecular weight is 205 g/mol. The summed E-state index contributed by atoms with van der Waals surface area (Å²) < 4.78 is 0. The quantitative estimate of drug-likeness (QED) is 0.797. The zero-order valence-electron chi connectivity index (χ0n) is 9.29. The molecule has 0 aromatic carbocycles. The Morgan fingerprint density at radius 2 is 2.20 bits per heavy atom. The van der Waals surface area contributed by atoms with Crippen LogP contribution in [0.4, 0.5) is 11.5 Å². The molecule has 1 aromatic rings. The maximum atomic E-state index is 5.88. The van der Waals surface area contributed by atoms with E-state index in [0.717, 1.165) is 29.5 Å². The fourth-order valence-electron chi connectivity index (χ4n) is 2.20. The van der Waals surface area contributed by atoms with E-state index in [-0.39, 0.29) is 0 Å². The van der Waals surface area contributed by atoms with Crippen molar-refractivity contribution in [1.29, 1.82) is 0 Å². The van der Waals surface area contributed by atoms with Crippen molar-refractivity contribution in [1.82, 2.24) is 4.98 Å². The molecule has 1 aliphatic rings. The zero-order chi connectivity index (χ0) is 10.7. The van der Waals surface area contributed by atoms with Crippen molar-refractivity contribution in [2.75, 3.05) is 17.6 Å². The minimum absolute atomic E-state index is 0.757. The number of pyridine rings is 1. The highest BCUT2D eigenvalue weighted by atomic mass is 15.0. The Morgan fingerprint density at radius 1 is 1.47 bits per heavy atom. The topological polar surface area (TPSA) is 50.9 Å². The van der Waals surface area contributed by atoms with Gasteiger partial charge in [-0.2, -0.15) is 0 Å². The van der Waals surface area contributed by atoms with Crippen LogP contribution < -0.4 is 11.1 Å². The average Bonchev–Trinajstić information content (AvgIpc) is 2.69. The number of hydrogen-bond donors (Lipinski definition) is 2. The molecule has 0 atom stereocenters. The van der Waals surface area contributed by atoms with Crippen molar-refractivity contribution < 1.29 is 0 Å². The monoisotopic (exact) mass is 205 g/mol. The molecule has 3 N–H and O–H groups in total. The largest absolute Gasteiger partial charge is 0.396 e. The SMILES string of the molecule is Cc1cnc(NCC2CCCC2)c(N)c1. The van der Waals surface area contributed by atoms with E-state index in [1.54, 1.807) is 0 Å². The summed E-state index contributed by atoms with van der Waals surface area (Å²) in [6.07, 6.45) is 7.30. The van der Waals surface area contributed by atoms with Gasteiger partial charge in [-0.3, -0.25) is 0 Å². The van der Waals surface area contributed by atoms with Gasteiger partial charge in [0.15, 0.2) is 0 Å². The third-order valence-electron chi connectivity index (χ3n) is 3.09. The van der Waals surface area contributed by atoms with Gasteiger partial charge in [0.2, 0.25) is 0 Å². The number of nitrogens with two attached hydrogens (primary N) is 1. The highest BCUT2D eigenvalue weighted by Crippen LogP contribution is 2.25. The molecular formula is C12H19N3. The minimum Gasteiger partial charge on any atom is -0.396 e. The van der Waals surface area contributed by atoms with Crippen LogP contribution in [0.1, 0.15) is 31.2 Å². The van der Waals surface area contributed by atoms with Crippen molar-refractivity contribution in [3.8, 4) is 0 Å². The Kier molecular flexibility index (Phi) is 3.09. The Morgan fingerprint density at radius 3 is 2.87 bits per heavy atom. The summed E-state index contributed by atoms with van der Waals surface area (Å²) in [5, 5.41) is 3.35. The molecule has 1 aromatic heterocycles. The van der Waals surface area contributed by atoms with E-state index < -0.39 is 0 Å². The fourth-order valence-corrected chi connectivity index (χ4v) is 2.20. The minimum atomic E-state index is 0.757. The van der Waals surface area contributed by atoms with Crippen LogP contribution in [0.5, 0.6) is 0 Å². The Balaban J connectivity index is 1.92. The van der Waals surface area contributed by atoms with Gasteiger partial charge in [-0.1, -0.05) is 12.8 Å². The molecule has 1 heterocycles. The number of aromatic nitrogens is 1. The van der Waals surface area contributed by atoms with Crippen LogP contribution in [0.3, 0.4) is 0 Å². The first-order valence-corrected chi connectivity index (χ1v) is 5.71. The molecule has 0 spiro atoms. The number of anilines is 2. The Hall–Kier alpha value is -1.25. The molecule has 1 saturated carbocycles. The van der Waals surface area contributed by atoms with E-state index in [9.17, 15) is 0 Å². The highest BCUT2D eigenvalue weighted by molar-refractivity contribution is 5.61. The fraction of sp³-hybridized carbons (Fsp3) is 0.583. The summed E-state index contributed by atoms with van der Waals surface area (Å²) in [4.78, 5) is 4.30. The van der Waals surface area contributed by atoms with Crippen molar-refractivity contribution in [3.63, 3.8) is 0 Å². The van der Waals surface area contributed by atoms with Crippen molar-refractivity contribution in [2.24, 2.45) is 5.92 Å². The lowest BCUT2D eigenvalue weighted by Gasteiger charge is -2.12. The van der Waals surface area contributed by atoms with Gasteiger partial charge in [-0.25, -0.2) is 4.98 Å². The van der Waals surface area contributed by atoms with Crippen molar-refractivity contribution in [2.45, 2.75) is 32.6 Å². The normalized spacial score (nSPS) is 16.9. The van der Waals surface area contributed by atoms with Crippen LogP contribution in [-0.4, -0.2) is 11.5 Å². The van der Waals surface area contributed by atoms with Crippen LogP contribution in [0, 0.1) is 12.8 Å². The van der Waals surface area contributed by atoms with Gasteiger partial charge in [0.25, 0.3) is 0 Å². The molecule has 0 radical (unpaired) electrons. The third kappa shape index (κ3) is 2.61. The number of aryl methyl sites for hydroxylation is 1. The predicted molar refractivity (Wildman–Crippen MR) is 63.8 cm³/mol.